The maximum Gasteiger partial charge on any atom is 0.311 e. The quantitative estimate of drug-likeness (QED) is 0.258. The number of anilines is 2. The van der Waals surface area contributed by atoms with Crippen LogP contribution in [-0.2, 0) is 16.0 Å². The number of nitrogens with zero attached hydrogens (tertiary/aromatic N) is 2. The lowest BCUT2D eigenvalue weighted by molar-refractivity contribution is -0.142. The third-order valence-electron chi connectivity index (χ3n) is 3.53. The Morgan fingerprint density at radius 1 is 1.25 bits per heavy atom. The molecule has 0 bridgehead atoms. The van der Waals surface area contributed by atoms with Crippen LogP contribution in [0, 0.1) is 0 Å². The standard InChI is InChI=1S/C20H20N4O3S/c1-2-26-19(25)11-16-13-28-20(23-16)24-22-12-14-4-3-5-18(10-14)27-17-8-6-15(21)7-9-17/h3-10,12-13H,2,11,21H2,1H3,(H,23,24). The first-order chi connectivity index (χ1) is 13.6. The fourth-order valence-electron chi connectivity index (χ4n) is 2.29. The normalized spacial score (nSPS) is 10.8. The van der Waals surface area contributed by atoms with Crippen LogP contribution in [0.3, 0.4) is 0 Å². The first kappa shape index (κ1) is 19.4. The number of thiazole rings is 1. The molecule has 0 aliphatic heterocycles. The summed E-state index contributed by atoms with van der Waals surface area (Å²) in [6, 6.07) is 14.7. The van der Waals surface area contributed by atoms with Crippen molar-refractivity contribution in [3.05, 3.63) is 65.2 Å². The van der Waals surface area contributed by atoms with Crippen molar-refractivity contribution in [2.45, 2.75) is 13.3 Å². The number of esters is 1. The highest BCUT2D eigenvalue weighted by Crippen LogP contribution is 2.23. The Labute approximate surface area is 166 Å². The van der Waals surface area contributed by atoms with E-state index in [4.69, 9.17) is 15.2 Å². The molecule has 0 unspecified atom stereocenters. The van der Waals surface area contributed by atoms with Gasteiger partial charge in [-0.1, -0.05) is 12.1 Å². The zero-order valence-electron chi connectivity index (χ0n) is 15.3. The first-order valence-electron chi connectivity index (χ1n) is 8.65. The lowest BCUT2D eigenvalue weighted by atomic mass is 10.2. The predicted octanol–water partition coefficient (Wildman–Crippen LogP) is 4.07. The summed E-state index contributed by atoms with van der Waals surface area (Å²) in [5.41, 5.74) is 10.7. The lowest BCUT2D eigenvalue weighted by Crippen LogP contribution is -2.07. The topological polar surface area (TPSA) is 98.8 Å². The van der Waals surface area contributed by atoms with E-state index in [1.807, 2.05) is 36.4 Å². The van der Waals surface area contributed by atoms with Gasteiger partial charge in [-0.25, -0.2) is 4.98 Å². The molecule has 2 aromatic carbocycles. The third kappa shape index (κ3) is 5.82. The molecule has 28 heavy (non-hydrogen) atoms. The number of nitrogens with one attached hydrogen (secondary N) is 1. The number of nitrogens with two attached hydrogens (primary N) is 1. The van der Waals surface area contributed by atoms with E-state index in [9.17, 15) is 4.79 Å². The Kier molecular flexibility index (Phi) is 6.59. The number of carbonyl (C=O) groups excluding carboxylic acids is 1. The molecule has 0 fully saturated rings. The molecule has 3 N–H and O–H groups in total. The maximum atomic E-state index is 11.5. The molecule has 3 rings (SSSR count). The van der Waals surface area contributed by atoms with Gasteiger partial charge >= 0.3 is 5.97 Å². The molecule has 0 aliphatic rings. The molecule has 0 amide bonds. The number of nitrogen functional groups attached to an aromatic ring is 1. The minimum atomic E-state index is -0.291. The van der Waals surface area contributed by atoms with Crippen molar-refractivity contribution in [3.63, 3.8) is 0 Å². The maximum absolute atomic E-state index is 11.5. The van der Waals surface area contributed by atoms with E-state index in [1.54, 1.807) is 30.7 Å². The highest BCUT2D eigenvalue weighted by Gasteiger charge is 2.07. The number of ether oxygens (including phenoxy) is 2. The molecule has 0 atom stereocenters. The average molecular weight is 396 g/mol. The van der Waals surface area contributed by atoms with Crippen molar-refractivity contribution in [2.75, 3.05) is 17.8 Å². The fourth-order valence-corrected chi connectivity index (χ4v) is 2.95. The van der Waals surface area contributed by atoms with Crippen LogP contribution in [0.15, 0.2) is 59.0 Å². The second-order valence-electron chi connectivity index (χ2n) is 5.74. The van der Waals surface area contributed by atoms with Crippen LogP contribution in [0.1, 0.15) is 18.2 Å². The molecule has 7 nitrogen and oxygen atoms in total. The monoisotopic (exact) mass is 396 g/mol. The molecule has 0 saturated heterocycles. The lowest BCUT2D eigenvalue weighted by Gasteiger charge is -2.06. The molecule has 0 aliphatic carbocycles. The number of aromatic nitrogens is 1. The summed E-state index contributed by atoms with van der Waals surface area (Å²) in [4.78, 5) is 15.8. The van der Waals surface area contributed by atoms with Gasteiger partial charge in [0.2, 0.25) is 5.13 Å². The molecular weight excluding hydrogens is 376 g/mol. The number of benzene rings is 2. The van der Waals surface area contributed by atoms with Crippen molar-refractivity contribution in [1.29, 1.82) is 0 Å². The van der Waals surface area contributed by atoms with Gasteiger partial charge in [0.15, 0.2) is 0 Å². The Bertz CT molecular complexity index is 954. The van der Waals surface area contributed by atoms with E-state index >= 15 is 0 Å². The van der Waals surface area contributed by atoms with Gasteiger partial charge < -0.3 is 15.2 Å². The fraction of sp³-hybridized carbons (Fsp3) is 0.150. The van der Waals surface area contributed by atoms with Gasteiger partial charge in [-0.3, -0.25) is 10.2 Å². The first-order valence-corrected chi connectivity index (χ1v) is 9.53. The second kappa shape index (κ2) is 9.52. The third-order valence-corrected chi connectivity index (χ3v) is 4.33. The van der Waals surface area contributed by atoms with Crippen molar-refractivity contribution < 1.29 is 14.3 Å². The van der Waals surface area contributed by atoms with Gasteiger partial charge in [0.1, 0.15) is 11.5 Å². The summed E-state index contributed by atoms with van der Waals surface area (Å²) in [5, 5.41) is 6.59. The summed E-state index contributed by atoms with van der Waals surface area (Å²) in [6.07, 6.45) is 1.82. The van der Waals surface area contributed by atoms with Crippen LogP contribution < -0.4 is 15.9 Å². The summed E-state index contributed by atoms with van der Waals surface area (Å²) in [6.45, 7) is 2.13. The Balaban J connectivity index is 1.56. The van der Waals surface area contributed by atoms with Crippen molar-refractivity contribution in [2.24, 2.45) is 5.10 Å². The zero-order chi connectivity index (χ0) is 19.8. The summed E-state index contributed by atoms with van der Waals surface area (Å²) >= 11 is 1.37. The summed E-state index contributed by atoms with van der Waals surface area (Å²) in [7, 11) is 0. The van der Waals surface area contributed by atoms with Crippen LogP contribution in [0.25, 0.3) is 0 Å². The number of hydrogen-bond donors (Lipinski definition) is 2. The molecule has 144 valence electrons. The molecule has 0 radical (unpaired) electrons. The van der Waals surface area contributed by atoms with E-state index in [0.29, 0.717) is 34.6 Å². The van der Waals surface area contributed by atoms with Gasteiger partial charge in [-0.2, -0.15) is 5.10 Å². The van der Waals surface area contributed by atoms with Gasteiger partial charge in [0, 0.05) is 11.1 Å². The second-order valence-corrected chi connectivity index (χ2v) is 6.60. The largest absolute Gasteiger partial charge is 0.466 e. The molecule has 3 aromatic rings. The van der Waals surface area contributed by atoms with Gasteiger partial charge in [-0.15, -0.1) is 11.3 Å². The van der Waals surface area contributed by atoms with Crippen LogP contribution >= 0.6 is 11.3 Å². The van der Waals surface area contributed by atoms with Crippen molar-refractivity contribution in [3.8, 4) is 11.5 Å². The molecule has 1 aromatic heterocycles. The number of carbonyl (C=O) groups is 1. The van der Waals surface area contributed by atoms with E-state index in [1.165, 1.54) is 11.3 Å². The van der Waals surface area contributed by atoms with Crippen LogP contribution in [0.4, 0.5) is 10.8 Å². The van der Waals surface area contributed by atoms with Gasteiger partial charge in [0.05, 0.1) is 24.9 Å². The van der Waals surface area contributed by atoms with E-state index in [-0.39, 0.29) is 12.4 Å². The van der Waals surface area contributed by atoms with E-state index in [2.05, 4.69) is 15.5 Å². The predicted molar refractivity (Wildman–Crippen MR) is 111 cm³/mol. The van der Waals surface area contributed by atoms with Crippen molar-refractivity contribution in [1.82, 2.24) is 4.98 Å². The number of rotatable bonds is 8. The van der Waals surface area contributed by atoms with Gasteiger partial charge in [-0.05, 0) is 48.9 Å². The molecule has 1 heterocycles. The van der Waals surface area contributed by atoms with Crippen LogP contribution in [-0.4, -0.2) is 23.8 Å². The van der Waals surface area contributed by atoms with E-state index < -0.39 is 0 Å². The number of hydrazone groups is 1. The zero-order valence-corrected chi connectivity index (χ0v) is 16.1. The van der Waals surface area contributed by atoms with Crippen LogP contribution in [0.2, 0.25) is 0 Å². The molecule has 0 spiro atoms. The number of hydrogen-bond acceptors (Lipinski definition) is 8. The minimum absolute atomic E-state index is 0.153. The molecular formula is C20H20N4O3S. The Morgan fingerprint density at radius 3 is 2.86 bits per heavy atom. The Hall–Kier alpha value is -3.39. The van der Waals surface area contributed by atoms with Crippen LogP contribution in [0.5, 0.6) is 11.5 Å². The summed E-state index contributed by atoms with van der Waals surface area (Å²) < 4.78 is 10.7. The SMILES string of the molecule is CCOC(=O)Cc1csc(NN=Cc2cccc(Oc3ccc(N)cc3)c2)n1. The summed E-state index contributed by atoms with van der Waals surface area (Å²) in [5.74, 6) is 1.11. The Morgan fingerprint density at radius 2 is 2.07 bits per heavy atom. The van der Waals surface area contributed by atoms with Crippen molar-refractivity contribution >= 4 is 34.3 Å². The highest BCUT2D eigenvalue weighted by molar-refractivity contribution is 7.13. The molecule has 8 heteroatoms. The van der Waals surface area contributed by atoms with E-state index in [0.717, 1.165) is 5.56 Å². The highest BCUT2D eigenvalue weighted by atomic mass is 32.1. The smallest absolute Gasteiger partial charge is 0.311 e. The minimum Gasteiger partial charge on any atom is -0.466 e. The molecule has 0 saturated carbocycles. The van der Waals surface area contributed by atoms with Gasteiger partial charge in [0.25, 0.3) is 0 Å². The average Bonchev–Trinajstić information content (AvgIpc) is 3.11.